The van der Waals surface area contributed by atoms with Crippen molar-refractivity contribution < 1.29 is 4.79 Å². The lowest BCUT2D eigenvalue weighted by atomic mass is 10.3. The lowest BCUT2D eigenvalue weighted by Crippen LogP contribution is -2.20. The van der Waals surface area contributed by atoms with Crippen molar-refractivity contribution in [3.05, 3.63) is 44.8 Å². The molecule has 0 aliphatic rings. The number of nitrogens with zero attached hydrogens (tertiary/aromatic N) is 4. The second-order valence-electron chi connectivity index (χ2n) is 4.21. The molecule has 8 nitrogen and oxygen atoms in total. The summed E-state index contributed by atoms with van der Waals surface area (Å²) in [7, 11) is 1.48. The van der Waals surface area contributed by atoms with Crippen LogP contribution >= 0.6 is 27.5 Å². The molecule has 2 N–H and O–H groups in total. The van der Waals surface area contributed by atoms with Crippen LogP contribution in [0.1, 0.15) is 10.5 Å². The number of aromatic amines is 1. The summed E-state index contributed by atoms with van der Waals surface area (Å²) < 4.78 is 5.91. The number of carbonyl (C=O) groups excluding carboxylic acids is 1. The molecular weight excluding hydrogens is 372 g/mol. The van der Waals surface area contributed by atoms with Crippen LogP contribution in [0.4, 0.5) is 0 Å². The maximum Gasteiger partial charge on any atom is 0.300 e. The summed E-state index contributed by atoms with van der Waals surface area (Å²) >= 11 is 4.28. The van der Waals surface area contributed by atoms with Gasteiger partial charge in [-0.2, -0.15) is 5.10 Å². The van der Waals surface area contributed by atoms with Crippen LogP contribution in [0.2, 0.25) is 0 Å². The van der Waals surface area contributed by atoms with Gasteiger partial charge in [-0.25, -0.2) is 9.90 Å². The predicted octanol–water partition coefficient (Wildman–Crippen LogP) is 1.20. The first kappa shape index (κ1) is 14.6. The second-order valence-corrected chi connectivity index (χ2v) is 5.88. The largest absolute Gasteiger partial charge is 0.354 e. The third-order valence-corrected chi connectivity index (χ3v) is 4.16. The van der Waals surface area contributed by atoms with Crippen LogP contribution < -0.4 is 10.9 Å². The fourth-order valence-electron chi connectivity index (χ4n) is 1.83. The fraction of sp³-hybridized carbons (Fsp3) is 0.0833. The van der Waals surface area contributed by atoms with Gasteiger partial charge in [0.1, 0.15) is 4.88 Å². The topological polar surface area (TPSA) is 106 Å². The van der Waals surface area contributed by atoms with Crippen LogP contribution in [0.5, 0.6) is 0 Å². The Hall–Kier alpha value is -2.33. The number of nitrogens with one attached hydrogen (secondary N) is 2. The molecule has 3 aromatic rings. The standard InChI is InChI=1S/C12H9BrN6O2S/c1-14-11(20)8-10(22-18-16-8)9-12(21)19(17-15-9)7-4-2-6(13)3-5-7/h2-5,17H,1H3,(H,14,20). The number of halogens is 1. The first-order valence-corrected chi connectivity index (χ1v) is 7.66. The second kappa shape index (κ2) is 5.81. The highest BCUT2D eigenvalue weighted by atomic mass is 79.9. The van der Waals surface area contributed by atoms with Crippen molar-refractivity contribution in [3.63, 3.8) is 0 Å². The van der Waals surface area contributed by atoms with Crippen LogP contribution in [-0.4, -0.2) is 37.5 Å². The minimum Gasteiger partial charge on any atom is -0.354 e. The smallest absolute Gasteiger partial charge is 0.300 e. The van der Waals surface area contributed by atoms with Gasteiger partial charge in [-0.15, -0.1) is 5.10 Å². The number of hydrogen-bond donors (Lipinski definition) is 2. The van der Waals surface area contributed by atoms with Crippen molar-refractivity contribution in [1.29, 1.82) is 0 Å². The van der Waals surface area contributed by atoms with E-state index < -0.39 is 5.91 Å². The van der Waals surface area contributed by atoms with Crippen LogP contribution in [0.15, 0.2) is 33.5 Å². The lowest BCUT2D eigenvalue weighted by molar-refractivity contribution is 0.0959. The first-order chi connectivity index (χ1) is 10.6. The Kier molecular flexibility index (Phi) is 3.86. The van der Waals surface area contributed by atoms with Crippen LogP contribution in [0, 0.1) is 0 Å². The highest BCUT2D eigenvalue weighted by Crippen LogP contribution is 2.21. The van der Waals surface area contributed by atoms with E-state index in [1.165, 1.54) is 11.7 Å². The summed E-state index contributed by atoms with van der Waals surface area (Å²) in [6.07, 6.45) is 0. The van der Waals surface area contributed by atoms with Gasteiger partial charge in [-0.05, 0) is 35.8 Å². The number of H-pyrrole nitrogens is 1. The Balaban J connectivity index is 2.08. The molecule has 1 aromatic carbocycles. The molecule has 22 heavy (non-hydrogen) atoms. The van der Waals surface area contributed by atoms with Crippen molar-refractivity contribution >= 4 is 33.4 Å². The van der Waals surface area contributed by atoms with E-state index in [-0.39, 0.29) is 16.9 Å². The van der Waals surface area contributed by atoms with E-state index in [1.54, 1.807) is 12.1 Å². The number of amides is 1. The molecular formula is C12H9BrN6O2S. The zero-order valence-electron chi connectivity index (χ0n) is 11.2. The van der Waals surface area contributed by atoms with E-state index in [0.29, 0.717) is 10.6 Å². The quantitative estimate of drug-likeness (QED) is 0.709. The molecule has 112 valence electrons. The summed E-state index contributed by atoms with van der Waals surface area (Å²) in [5.41, 5.74) is 0.444. The molecule has 0 unspecified atom stereocenters. The minimum absolute atomic E-state index is 0.0825. The maximum absolute atomic E-state index is 12.5. The molecule has 3 rings (SSSR count). The Labute approximate surface area is 136 Å². The van der Waals surface area contributed by atoms with Crippen LogP contribution in [-0.2, 0) is 0 Å². The minimum atomic E-state index is -0.415. The molecule has 0 aliphatic carbocycles. The molecule has 2 aromatic heterocycles. The summed E-state index contributed by atoms with van der Waals surface area (Å²) in [5, 5.41) is 12.8. The highest BCUT2D eigenvalue weighted by Gasteiger charge is 2.22. The van der Waals surface area contributed by atoms with Crippen molar-refractivity contribution in [2.24, 2.45) is 0 Å². The Morgan fingerprint density at radius 3 is 2.77 bits per heavy atom. The average molecular weight is 381 g/mol. The van der Waals surface area contributed by atoms with Gasteiger partial charge in [-0.1, -0.05) is 20.4 Å². The number of hydrogen-bond acceptors (Lipinski definition) is 6. The molecule has 0 bridgehead atoms. The molecule has 10 heteroatoms. The summed E-state index contributed by atoms with van der Waals surface area (Å²) in [5.74, 6) is -0.415. The van der Waals surface area contributed by atoms with E-state index in [2.05, 4.69) is 41.1 Å². The monoisotopic (exact) mass is 380 g/mol. The normalized spacial score (nSPS) is 10.6. The zero-order chi connectivity index (χ0) is 15.7. The maximum atomic E-state index is 12.5. The van der Waals surface area contributed by atoms with Gasteiger partial charge in [0.2, 0.25) is 0 Å². The number of rotatable bonds is 3. The number of benzene rings is 1. The third kappa shape index (κ3) is 2.46. The van der Waals surface area contributed by atoms with Crippen molar-refractivity contribution in [2.45, 2.75) is 0 Å². The van der Waals surface area contributed by atoms with Gasteiger partial charge < -0.3 is 5.32 Å². The van der Waals surface area contributed by atoms with Gasteiger partial charge >= 0.3 is 0 Å². The first-order valence-electron chi connectivity index (χ1n) is 6.10. The number of carbonyl (C=O) groups is 1. The Morgan fingerprint density at radius 2 is 2.09 bits per heavy atom. The van der Waals surface area contributed by atoms with Gasteiger partial charge in [-0.3, -0.25) is 9.59 Å². The highest BCUT2D eigenvalue weighted by molar-refractivity contribution is 9.10. The van der Waals surface area contributed by atoms with Crippen molar-refractivity contribution in [2.75, 3.05) is 7.05 Å². The SMILES string of the molecule is CNC(=O)c1nnsc1-c1n[nH]n(-c2ccc(Br)cc2)c1=O. The molecule has 0 aliphatic heterocycles. The van der Waals surface area contributed by atoms with Crippen LogP contribution in [0.25, 0.3) is 16.3 Å². The molecule has 0 fully saturated rings. The van der Waals surface area contributed by atoms with E-state index >= 15 is 0 Å². The molecule has 1 amide bonds. The van der Waals surface area contributed by atoms with E-state index in [1.807, 2.05) is 12.1 Å². The van der Waals surface area contributed by atoms with Gasteiger partial charge in [0, 0.05) is 11.5 Å². The summed E-state index contributed by atoms with van der Waals surface area (Å²) in [6.45, 7) is 0. The molecule has 0 radical (unpaired) electrons. The van der Waals surface area contributed by atoms with E-state index in [9.17, 15) is 9.59 Å². The van der Waals surface area contributed by atoms with Gasteiger partial charge in [0.05, 0.1) is 5.69 Å². The van der Waals surface area contributed by atoms with Gasteiger partial charge in [0.25, 0.3) is 11.5 Å². The Morgan fingerprint density at radius 1 is 1.36 bits per heavy atom. The zero-order valence-corrected chi connectivity index (χ0v) is 13.6. The van der Waals surface area contributed by atoms with E-state index in [0.717, 1.165) is 16.0 Å². The van der Waals surface area contributed by atoms with Crippen molar-refractivity contribution in [1.82, 2.24) is 29.9 Å². The van der Waals surface area contributed by atoms with E-state index in [4.69, 9.17) is 0 Å². The average Bonchev–Trinajstić information content (AvgIpc) is 3.14. The van der Waals surface area contributed by atoms with Gasteiger partial charge in [0.15, 0.2) is 11.4 Å². The number of aromatic nitrogens is 5. The fourth-order valence-corrected chi connectivity index (χ4v) is 2.73. The predicted molar refractivity (Wildman–Crippen MR) is 84.2 cm³/mol. The third-order valence-electron chi connectivity index (χ3n) is 2.90. The summed E-state index contributed by atoms with van der Waals surface area (Å²) in [6, 6.07) is 7.15. The summed E-state index contributed by atoms with van der Waals surface area (Å²) in [4.78, 5) is 24.6. The molecule has 0 spiro atoms. The molecule has 0 saturated carbocycles. The lowest BCUT2D eigenvalue weighted by Gasteiger charge is -1.99. The Bertz CT molecular complexity index is 882. The van der Waals surface area contributed by atoms with Crippen LogP contribution in [0.3, 0.4) is 0 Å². The molecule has 0 saturated heterocycles. The van der Waals surface area contributed by atoms with Crippen molar-refractivity contribution in [3.8, 4) is 16.3 Å². The molecule has 2 heterocycles. The molecule has 0 atom stereocenters.